The SMILES string of the molecule is C=C[Si](C)(C)N(CC(C)C)CC(C)C. The van der Waals surface area contributed by atoms with Crippen LogP contribution in [0.5, 0.6) is 0 Å². The Hall–Kier alpha value is -0.0831. The molecule has 0 heterocycles. The van der Waals surface area contributed by atoms with E-state index in [1.807, 2.05) is 0 Å². The van der Waals surface area contributed by atoms with E-state index in [1.165, 1.54) is 13.1 Å². The molecule has 0 aliphatic rings. The van der Waals surface area contributed by atoms with E-state index in [1.54, 1.807) is 0 Å². The summed E-state index contributed by atoms with van der Waals surface area (Å²) in [5.74, 6) is 1.50. The molecular weight excluding hydrogens is 186 g/mol. The smallest absolute Gasteiger partial charge is 0.146 e. The number of hydrogen-bond acceptors (Lipinski definition) is 1. The molecule has 0 saturated carbocycles. The number of rotatable bonds is 6. The van der Waals surface area contributed by atoms with Crippen LogP contribution >= 0.6 is 0 Å². The Bertz CT molecular complexity index is 163. The van der Waals surface area contributed by atoms with E-state index in [9.17, 15) is 0 Å². The van der Waals surface area contributed by atoms with Crippen LogP contribution in [0.15, 0.2) is 12.3 Å². The van der Waals surface area contributed by atoms with E-state index in [0.717, 1.165) is 11.8 Å². The second-order valence-corrected chi connectivity index (χ2v) is 9.90. The lowest BCUT2D eigenvalue weighted by Crippen LogP contribution is -2.50. The number of hydrogen-bond donors (Lipinski definition) is 0. The maximum atomic E-state index is 3.99. The lowest BCUT2D eigenvalue weighted by atomic mass is 10.2. The summed E-state index contributed by atoms with van der Waals surface area (Å²) in [6.07, 6.45) is 0. The molecule has 0 aromatic heterocycles. The lowest BCUT2D eigenvalue weighted by Gasteiger charge is -2.37. The van der Waals surface area contributed by atoms with Gasteiger partial charge in [-0.1, -0.05) is 46.5 Å². The predicted molar refractivity (Wildman–Crippen MR) is 68.9 cm³/mol. The van der Waals surface area contributed by atoms with Gasteiger partial charge in [-0.15, -0.1) is 6.58 Å². The predicted octanol–water partition coefficient (Wildman–Crippen LogP) is 3.53. The summed E-state index contributed by atoms with van der Waals surface area (Å²) >= 11 is 0. The van der Waals surface area contributed by atoms with E-state index < -0.39 is 8.24 Å². The molecule has 84 valence electrons. The molecule has 0 aromatic carbocycles. The quantitative estimate of drug-likeness (QED) is 0.610. The van der Waals surface area contributed by atoms with Crippen molar-refractivity contribution in [2.75, 3.05) is 13.1 Å². The van der Waals surface area contributed by atoms with Crippen LogP contribution in [0.1, 0.15) is 27.7 Å². The molecule has 0 rings (SSSR count). The molecule has 14 heavy (non-hydrogen) atoms. The van der Waals surface area contributed by atoms with E-state index >= 15 is 0 Å². The molecule has 1 nitrogen and oxygen atoms in total. The Balaban J connectivity index is 4.45. The first-order chi connectivity index (χ1) is 6.29. The van der Waals surface area contributed by atoms with Crippen molar-refractivity contribution in [3.63, 3.8) is 0 Å². The van der Waals surface area contributed by atoms with Gasteiger partial charge in [0.25, 0.3) is 0 Å². The van der Waals surface area contributed by atoms with Crippen molar-refractivity contribution in [2.24, 2.45) is 11.8 Å². The average molecular weight is 213 g/mol. The Kier molecular flexibility index (Phi) is 5.68. The fourth-order valence-corrected chi connectivity index (χ4v) is 3.49. The van der Waals surface area contributed by atoms with Crippen molar-refractivity contribution in [2.45, 2.75) is 40.8 Å². The minimum Gasteiger partial charge on any atom is -0.320 e. The van der Waals surface area contributed by atoms with Crippen LogP contribution in [0.25, 0.3) is 0 Å². The standard InChI is InChI=1S/C12H27NSi/c1-8-14(6,7)13(9-11(2)3)10-12(4)5/h8,11-12H,1,9-10H2,2-7H3. The van der Waals surface area contributed by atoms with E-state index in [0.29, 0.717) is 0 Å². The molecule has 2 heteroatoms. The van der Waals surface area contributed by atoms with Gasteiger partial charge in [0.1, 0.15) is 8.24 Å². The minimum absolute atomic E-state index is 0.750. The third-order valence-electron chi connectivity index (χ3n) is 2.49. The van der Waals surface area contributed by atoms with E-state index in [2.05, 4.69) is 57.6 Å². The van der Waals surface area contributed by atoms with Crippen molar-refractivity contribution in [3.8, 4) is 0 Å². The summed E-state index contributed by atoms with van der Waals surface area (Å²) in [7, 11) is -1.34. The Labute approximate surface area is 91.3 Å². The van der Waals surface area contributed by atoms with E-state index in [-0.39, 0.29) is 0 Å². The summed E-state index contributed by atoms with van der Waals surface area (Å²) < 4.78 is 2.66. The molecular formula is C12H27NSi. The van der Waals surface area contributed by atoms with E-state index in [4.69, 9.17) is 0 Å². The highest BCUT2D eigenvalue weighted by molar-refractivity contribution is 6.79. The fraction of sp³-hybridized carbons (Fsp3) is 0.833. The zero-order chi connectivity index (χ0) is 11.4. The molecule has 0 aliphatic carbocycles. The van der Waals surface area contributed by atoms with Crippen molar-refractivity contribution >= 4 is 8.24 Å². The van der Waals surface area contributed by atoms with Gasteiger partial charge >= 0.3 is 0 Å². The van der Waals surface area contributed by atoms with Crippen LogP contribution in [0.4, 0.5) is 0 Å². The molecule has 0 spiro atoms. The second-order valence-electron chi connectivity index (χ2n) is 5.55. The van der Waals surface area contributed by atoms with Crippen molar-refractivity contribution in [1.29, 1.82) is 0 Å². The van der Waals surface area contributed by atoms with Crippen LogP contribution in [-0.2, 0) is 0 Å². The first kappa shape index (κ1) is 13.9. The molecule has 0 atom stereocenters. The van der Waals surface area contributed by atoms with Gasteiger partial charge in [0, 0.05) is 0 Å². The minimum atomic E-state index is -1.34. The fourth-order valence-electron chi connectivity index (χ4n) is 1.56. The van der Waals surface area contributed by atoms with Gasteiger partial charge in [0.2, 0.25) is 0 Å². The molecule has 0 fully saturated rings. The van der Waals surface area contributed by atoms with Crippen LogP contribution in [0.2, 0.25) is 13.1 Å². The Morgan fingerprint density at radius 1 is 1.07 bits per heavy atom. The Morgan fingerprint density at radius 3 is 1.64 bits per heavy atom. The average Bonchev–Trinajstić information content (AvgIpc) is 2.01. The summed E-state index contributed by atoms with van der Waals surface area (Å²) in [5.41, 5.74) is 2.19. The summed E-state index contributed by atoms with van der Waals surface area (Å²) in [6, 6.07) is 0. The highest BCUT2D eigenvalue weighted by Crippen LogP contribution is 2.15. The van der Waals surface area contributed by atoms with Crippen molar-refractivity contribution in [1.82, 2.24) is 4.57 Å². The van der Waals surface area contributed by atoms with Gasteiger partial charge in [0.15, 0.2) is 0 Å². The lowest BCUT2D eigenvalue weighted by molar-refractivity contribution is 0.333. The van der Waals surface area contributed by atoms with Gasteiger partial charge in [-0.05, 0) is 24.9 Å². The molecule has 0 aliphatic heterocycles. The number of nitrogens with zero attached hydrogens (tertiary/aromatic N) is 1. The maximum absolute atomic E-state index is 3.99. The molecule has 0 amide bonds. The normalized spacial score (nSPS) is 12.9. The molecule has 0 aromatic rings. The van der Waals surface area contributed by atoms with Crippen LogP contribution in [0, 0.1) is 11.8 Å². The van der Waals surface area contributed by atoms with Gasteiger partial charge in [-0.2, -0.15) is 0 Å². The molecule has 0 bridgehead atoms. The summed E-state index contributed by atoms with van der Waals surface area (Å²) in [6.45, 7) is 20.3. The van der Waals surface area contributed by atoms with Gasteiger partial charge in [-0.3, -0.25) is 0 Å². The highest BCUT2D eigenvalue weighted by Gasteiger charge is 2.26. The molecule has 0 radical (unpaired) electrons. The zero-order valence-corrected chi connectivity index (χ0v) is 11.8. The van der Waals surface area contributed by atoms with Crippen molar-refractivity contribution in [3.05, 3.63) is 12.3 Å². The summed E-state index contributed by atoms with van der Waals surface area (Å²) in [5, 5.41) is 0. The maximum Gasteiger partial charge on any atom is 0.146 e. The third-order valence-corrected chi connectivity index (χ3v) is 5.48. The van der Waals surface area contributed by atoms with Crippen molar-refractivity contribution < 1.29 is 0 Å². The van der Waals surface area contributed by atoms with Gasteiger partial charge in [0.05, 0.1) is 0 Å². The second kappa shape index (κ2) is 5.71. The Morgan fingerprint density at radius 2 is 1.43 bits per heavy atom. The zero-order valence-electron chi connectivity index (χ0n) is 10.8. The first-order valence-corrected chi connectivity index (χ1v) is 8.70. The van der Waals surface area contributed by atoms with Gasteiger partial charge < -0.3 is 4.57 Å². The van der Waals surface area contributed by atoms with Gasteiger partial charge in [-0.25, -0.2) is 0 Å². The molecule has 0 saturated heterocycles. The topological polar surface area (TPSA) is 3.24 Å². The third kappa shape index (κ3) is 4.96. The summed E-state index contributed by atoms with van der Waals surface area (Å²) in [4.78, 5) is 0. The molecule has 0 unspecified atom stereocenters. The first-order valence-electron chi connectivity index (χ1n) is 5.68. The van der Waals surface area contributed by atoms with Crippen LogP contribution in [0.3, 0.4) is 0 Å². The molecule has 0 N–H and O–H groups in total. The van der Waals surface area contributed by atoms with Crippen LogP contribution in [-0.4, -0.2) is 25.9 Å². The monoisotopic (exact) mass is 213 g/mol. The van der Waals surface area contributed by atoms with Crippen LogP contribution < -0.4 is 0 Å². The largest absolute Gasteiger partial charge is 0.320 e. The highest BCUT2D eigenvalue weighted by atomic mass is 28.3.